The molecule has 86 valence electrons. The predicted octanol–water partition coefficient (Wildman–Crippen LogP) is 2.50. The largest absolute Gasteiger partial charge is 0.459 e. The zero-order chi connectivity index (χ0) is 12.0. The van der Waals surface area contributed by atoms with Crippen molar-refractivity contribution in [1.82, 2.24) is 0 Å². The maximum Gasteiger partial charge on any atom is 0.341 e. The van der Waals surface area contributed by atoms with Crippen molar-refractivity contribution in [2.24, 2.45) is 5.92 Å². The van der Waals surface area contributed by atoms with E-state index in [1.807, 2.05) is 13.8 Å². The van der Waals surface area contributed by atoms with Gasteiger partial charge in [-0.1, -0.05) is 19.9 Å². The van der Waals surface area contributed by atoms with Gasteiger partial charge in [-0.15, -0.1) is 0 Å². The molecule has 0 heterocycles. The highest BCUT2D eigenvalue weighted by Gasteiger charge is 2.16. The van der Waals surface area contributed by atoms with Gasteiger partial charge in [0.25, 0.3) is 0 Å². The molecule has 3 nitrogen and oxygen atoms in total. The molecular formula is C12H20O3. The van der Waals surface area contributed by atoms with E-state index >= 15 is 0 Å². The lowest BCUT2D eigenvalue weighted by Crippen LogP contribution is -2.18. The number of ether oxygens (including phenoxy) is 1. The fourth-order valence-electron chi connectivity index (χ4n) is 1.00. The molecule has 3 heteroatoms. The van der Waals surface area contributed by atoms with Crippen LogP contribution < -0.4 is 0 Å². The summed E-state index contributed by atoms with van der Waals surface area (Å²) in [7, 11) is 0. The molecule has 0 aromatic carbocycles. The van der Waals surface area contributed by atoms with Crippen LogP contribution >= 0.6 is 0 Å². The second-order valence-corrected chi connectivity index (χ2v) is 4.26. The first-order valence-electron chi connectivity index (χ1n) is 5.26. The molecule has 0 N–H and O–H groups in total. The second kappa shape index (κ2) is 6.38. The molecule has 0 atom stereocenters. The fraction of sp³-hybridized carbons (Fsp3) is 0.667. The van der Waals surface area contributed by atoms with Gasteiger partial charge in [-0.3, -0.25) is 4.79 Å². The molecule has 0 aromatic rings. The van der Waals surface area contributed by atoms with Gasteiger partial charge in [0.2, 0.25) is 0 Å². The van der Waals surface area contributed by atoms with Gasteiger partial charge >= 0.3 is 5.97 Å². The lowest BCUT2D eigenvalue weighted by Gasteiger charge is -2.09. The Balaban J connectivity index is 4.59. The van der Waals surface area contributed by atoms with Gasteiger partial charge in [0.05, 0.1) is 11.7 Å². The van der Waals surface area contributed by atoms with Gasteiger partial charge in [0.1, 0.15) is 0 Å². The number of allylic oxidation sites excluding steroid dienone is 1. The summed E-state index contributed by atoms with van der Waals surface area (Å²) >= 11 is 0. The molecule has 0 fully saturated rings. The molecule has 0 bridgehead atoms. The monoisotopic (exact) mass is 212 g/mol. The minimum atomic E-state index is -0.516. The first-order chi connectivity index (χ1) is 6.84. The van der Waals surface area contributed by atoms with E-state index in [9.17, 15) is 9.59 Å². The molecule has 0 unspecified atom stereocenters. The third-order valence-electron chi connectivity index (χ3n) is 1.74. The average Bonchev–Trinajstić information content (AvgIpc) is 2.01. The molecule has 0 saturated heterocycles. The number of carbonyl (C=O) groups is 2. The summed E-state index contributed by atoms with van der Waals surface area (Å²) in [6.07, 6.45) is 2.18. The molecule has 15 heavy (non-hydrogen) atoms. The van der Waals surface area contributed by atoms with E-state index < -0.39 is 5.97 Å². The van der Waals surface area contributed by atoms with Crippen molar-refractivity contribution in [3.8, 4) is 0 Å². The quantitative estimate of drug-likeness (QED) is 0.304. The highest BCUT2D eigenvalue weighted by molar-refractivity contribution is 6.16. The highest BCUT2D eigenvalue weighted by Crippen LogP contribution is 2.08. The number of hydrogen-bond acceptors (Lipinski definition) is 3. The maximum atomic E-state index is 11.5. The van der Waals surface area contributed by atoms with Crippen LogP contribution in [0.5, 0.6) is 0 Å². The maximum absolute atomic E-state index is 11.5. The van der Waals surface area contributed by atoms with Crippen LogP contribution in [-0.2, 0) is 14.3 Å². The minimum Gasteiger partial charge on any atom is -0.459 e. The summed E-state index contributed by atoms with van der Waals surface area (Å²) in [5.41, 5.74) is 0.164. The third kappa shape index (κ3) is 6.05. The molecule has 0 spiro atoms. The zero-order valence-corrected chi connectivity index (χ0v) is 10.2. The van der Waals surface area contributed by atoms with Crippen molar-refractivity contribution in [1.29, 1.82) is 0 Å². The first-order valence-corrected chi connectivity index (χ1v) is 5.26. The smallest absolute Gasteiger partial charge is 0.341 e. The lowest BCUT2D eigenvalue weighted by molar-refractivity contribution is -0.143. The van der Waals surface area contributed by atoms with Gasteiger partial charge < -0.3 is 4.74 Å². The molecule has 0 aliphatic heterocycles. The summed E-state index contributed by atoms with van der Waals surface area (Å²) in [4.78, 5) is 22.7. The lowest BCUT2D eigenvalue weighted by atomic mass is 10.1. The fourth-order valence-corrected chi connectivity index (χ4v) is 1.00. The van der Waals surface area contributed by atoms with Crippen LogP contribution in [0.2, 0.25) is 0 Å². The Bertz CT molecular complexity index is 262. The van der Waals surface area contributed by atoms with Gasteiger partial charge in [-0.05, 0) is 33.1 Å². The van der Waals surface area contributed by atoms with Gasteiger partial charge in [-0.2, -0.15) is 0 Å². The Morgan fingerprint density at radius 2 is 1.73 bits per heavy atom. The van der Waals surface area contributed by atoms with E-state index in [2.05, 4.69) is 0 Å². The Morgan fingerprint density at radius 1 is 1.20 bits per heavy atom. The van der Waals surface area contributed by atoms with Crippen LogP contribution in [0.15, 0.2) is 11.6 Å². The van der Waals surface area contributed by atoms with Crippen molar-refractivity contribution in [2.75, 3.05) is 0 Å². The Hall–Kier alpha value is -1.12. The SMILES string of the molecule is CC(=O)/C(=C\CC(C)C)C(=O)OC(C)C. The van der Waals surface area contributed by atoms with Gasteiger partial charge in [-0.25, -0.2) is 4.79 Å². The summed E-state index contributed by atoms with van der Waals surface area (Å²) in [6.45, 7) is 8.97. The van der Waals surface area contributed by atoms with Crippen molar-refractivity contribution >= 4 is 11.8 Å². The van der Waals surface area contributed by atoms with Gasteiger partial charge in [0.15, 0.2) is 5.78 Å². The van der Waals surface area contributed by atoms with Crippen LogP contribution in [0.3, 0.4) is 0 Å². The number of Topliss-reactive ketones (excluding diaryl/α,β-unsaturated/α-hetero) is 1. The van der Waals surface area contributed by atoms with Crippen LogP contribution in [0, 0.1) is 5.92 Å². The van der Waals surface area contributed by atoms with E-state index in [1.165, 1.54) is 6.92 Å². The number of carbonyl (C=O) groups excluding carboxylic acids is 2. The van der Waals surface area contributed by atoms with Crippen molar-refractivity contribution in [3.63, 3.8) is 0 Å². The number of ketones is 1. The predicted molar refractivity (Wildman–Crippen MR) is 59.4 cm³/mol. The van der Waals surface area contributed by atoms with E-state index in [0.717, 1.165) is 0 Å². The van der Waals surface area contributed by atoms with Crippen LogP contribution in [-0.4, -0.2) is 17.9 Å². The summed E-state index contributed by atoms with van der Waals surface area (Å²) in [6, 6.07) is 0. The minimum absolute atomic E-state index is 0.164. The molecule has 0 saturated carbocycles. The third-order valence-corrected chi connectivity index (χ3v) is 1.74. The topological polar surface area (TPSA) is 43.4 Å². The summed E-state index contributed by atoms with van der Waals surface area (Å²) in [5, 5.41) is 0. The van der Waals surface area contributed by atoms with Crippen molar-refractivity contribution in [2.45, 2.75) is 47.1 Å². The summed E-state index contributed by atoms with van der Waals surface area (Å²) in [5.74, 6) is -0.328. The average molecular weight is 212 g/mol. The van der Waals surface area contributed by atoms with Gasteiger partial charge in [0, 0.05) is 0 Å². The van der Waals surface area contributed by atoms with E-state index in [4.69, 9.17) is 4.74 Å². The molecule has 0 rings (SSSR count). The first kappa shape index (κ1) is 13.9. The molecule has 0 aliphatic rings. The molecular weight excluding hydrogens is 192 g/mol. The zero-order valence-electron chi connectivity index (χ0n) is 10.2. The van der Waals surface area contributed by atoms with Crippen LogP contribution in [0.1, 0.15) is 41.0 Å². The number of hydrogen-bond donors (Lipinski definition) is 0. The Morgan fingerprint density at radius 3 is 2.07 bits per heavy atom. The molecule has 0 radical (unpaired) electrons. The normalized spacial score (nSPS) is 12.1. The number of esters is 1. The Kier molecular flexibility index (Phi) is 5.90. The van der Waals surface area contributed by atoms with Crippen LogP contribution in [0.25, 0.3) is 0 Å². The standard InChI is InChI=1S/C12H20O3/c1-8(2)6-7-11(10(5)13)12(14)15-9(3)4/h7-9H,6H2,1-5H3/b11-7+. The summed E-state index contributed by atoms with van der Waals surface area (Å²) < 4.78 is 4.98. The van der Waals surface area contributed by atoms with E-state index in [0.29, 0.717) is 12.3 Å². The molecule has 0 aromatic heterocycles. The van der Waals surface area contributed by atoms with Crippen molar-refractivity contribution < 1.29 is 14.3 Å². The highest BCUT2D eigenvalue weighted by atomic mass is 16.5. The Labute approximate surface area is 91.5 Å². The van der Waals surface area contributed by atoms with Crippen LogP contribution in [0.4, 0.5) is 0 Å². The van der Waals surface area contributed by atoms with E-state index in [1.54, 1.807) is 19.9 Å². The molecule has 0 aliphatic carbocycles. The molecule has 0 amide bonds. The van der Waals surface area contributed by atoms with E-state index in [-0.39, 0.29) is 17.5 Å². The van der Waals surface area contributed by atoms with Crippen molar-refractivity contribution in [3.05, 3.63) is 11.6 Å². The second-order valence-electron chi connectivity index (χ2n) is 4.26. The number of rotatable bonds is 5.